The number of cyclic esters (lactones) is 1. The molecule has 2 heterocycles. The molecule has 2 fully saturated rings. The van der Waals surface area contributed by atoms with Crippen molar-refractivity contribution in [3.8, 4) is 17.0 Å². The average molecular weight is 491 g/mol. The molecule has 1 unspecified atom stereocenters. The monoisotopic (exact) mass is 490 g/mol. The molecule has 1 saturated carbocycles. The maximum atomic E-state index is 12.5. The van der Waals surface area contributed by atoms with Crippen molar-refractivity contribution in [2.75, 3.05) is 6.54 Å². The molecule has 9 heteroatoms. The maximum Gasteiger partial charge on any atom is 0.410 e. The van der Waals surface area contributed by atoms with Gasteiger partial charge in [-0.2, -0.15) is 9.59 Å². The SMILES string of the molecule is C[C@H]1CCC[C@H](Oc2ccc(-c3nnn(C)c3C3CN(Cc4ccccc4)C(=O)O3)cc2)C1.O=C=O. The van der Waals surface area contributed by atoms with Crippen LogP contribution >= 0.6 is 0 Å². The van der Waals surface area contributed by atoms with Crippen LogP contribution in [0.4, 0.5) is 4.79 Å². The van der Waals surface area contributed by atoms with Crippen LogP contribution in [-0.2, 0) is 27.9 Å². The van der Waals surface area contributed by atoms with Gasteiger partial charge in [-0.25, -0.2) is 9.48 Å². The molecule has 3 aromatic rings. The number of benzene rings is 2. The van der Waals surface area contributed by atoms with Gasteiger partial charge in [-0.1, -0.05) is 48.9 Å². The van der Waals surface area contributed by atoms with Crippen molar-refractivity contribution in [3.63, 3.8) is 0 Å². The molecular weight excluding hydrogens is 460 g/mol. The number of ether oxygens (including phenoxy) is 2. The number of hydrogen-bond donors (Lipinski definition) is 0. The van der Waals surface area contributed by atoms with Crippen LogP contribution in [0.15, 0.2) is 54.6 Å². The minimum absolute atomic E-state index is 0.250. The Hall–Kier alpha value is -3.97. The molecule has 1 saturated heterocycles. The Morgan fingerprint density at radius 1 is 1.08 bits per heavy atom. The van der Waals surface area contributed by atoms with E-state index in [1.165, 1.54) is 12.8 Å². The summed E-state index contributed by atoms with van der Waals surface area (Å²) in [6.07, 6.45) is 4.56. The number of nitrogens with zero attached hydrogens (tertiary/aromatic N) is 4. The molecule has 0 bridgehead atoms. The van der Waals surface area contributed by atoms with Gasteiger partial charge >= 0.3 is 12.2 Å². The molecule has 188 valence electrons. The Morgan fingerprint density at radius 2 is 1.81 bits per heavy atom. The lowest BCUT2D eigenvalue weighted by Gasteiger charge is -2.27. The molecule has 0 spiro atoms. The summed E-state index contributed by atoms with van der Waals surface area (Å²) >= 11 is 0. The first-order chi connectivity index (χ1) is 17.5. The second-order valence-electron chi connectivity index (χ2n) is 9.30. The van der Waals surface area contributed by atoms with E-state index >= 15 is 0 Å². The van der Waals surface area contributed by atoms with Gasteiger partial charge in [-0.3, -0.25) is 4.90 Å². The fourth-order valence-electron chi connectivity index (χ4n) is 4.88. The van der Waals surface area contributed by atoms with E-state index in [4.69, 9.17) is 19.1 Å². The molecule has 3 atom stereocenters. The highest BCUT2D eigenvalue weighted by Gasteiger charge is 2.36. The molecule has 5 rings (SSSR count). The molecule has 9 nitrogen and oxygen atoms in total. The Bertz CT molecular complexity index is 1190. The molecule has 1 aromatic heterocycles. The largest absolute Gasteiger partial charge is 0.490 e. The molecule has 1 aliphatic carbocycles. The third-order valence-corrected chi connectivity index (χ3v) is 6.60. The van der Waals surface area contributed by atoms with E-state index in [0.717, 1.165) is 47.0 Å². The van der Waals surface area contributed by atoms with Crippen LogP contribution in [0.2, 0.25) is 0 Å². The summed E-state index contributed by atoms with van der Waals surface area (Å²) in [5, 5.41) is 8.60. The smallest absolute Gasteiger partial charge is 0.410 e. The van der Waals surface area contributed by atoms with E-state index in [-0.39, 0.29) is 12.2 Å². The van der Waals surface area contributed by atoms with Crippen molar-refractivity contribution < 1.29 is 23.9 Å². The van der Waals surface area contributed by atoms with Gasteiger partial charge in [0, 0.05) is 19.2 Å². The third-order valence-electron chi connectivity index (χ3n) is 6.60. The topological polar surface area (TPSA) is 104 Å². The molecule has 1 amide bonds. The summed E-state index contributed by atoms with van der Waals surface area (Å²) < 4.78 is 13.7. The van der Waals surface area contributed by atoms with Crippen molar-refractivity contribution in [2.45, 2.75) is 51.4 Å². The first-order valence-electron chi connectivity index (χ1n) is 12.1. The first-order valence-corrected chi connectivity index (χ1v) is 12.1. The zero-order chi connectivity index (χ0) is 25.5. The molecule has 2 aromatic carbocycles. The van der Waals surface area contributed by atoms with E-state index in [2.05, 4.69) is 17.2 Å². The van der Waals surface area contributed by atoms with Gasteiger partial charge in [-0.15, -0.1) is 5.10 Å². The molecule has 0 radical (unpaired) electrons. The van der Waals surface area contributed by atoms with Gasteiger partial charge in [0.2, 0.25) is 0 Å². The van der Waals surface area contributed by atoms with E-state index < -0.39 is 6.10 Å². The first kappa shape index (κ1) is 25.1. The average Bonchev–Trinajstić information content (AvgIpc) is 3.42. The predicted octanol–water partition coefficient (Wildman–Crippen LogP) is 4.55. The van der Waals surface area contributed by atoms with Gasteiger partial charge in [0.1, 0.15) is 17.1 Å². The zero-order valence-electron chi connectivity index (χ0n) is 20.5. The summed E-state index contributed by atoms with van der Waals surface area (Å²) in [7, 11) is 1.83. The normalized spacial score (nSPS) is 21.2. The highest BCUT2D eigenvalue weighted by atomic mass is 16.6. The van der Waals surface area contributed by atoms with Crippen molar-refractivity contribution in [2.24, 2.45) is 13.0 Å². The van der Waals surface area contributed by atoms with Crippen molar-refractivity contribution in [3.05, 3.63) is 65.9 Å². The van der Waals surface area contributed by atoms with E-state index in [1.54, 1.807) is 9.58 Å². The van der Waals surface area contributed by atoms with Crippen LogP contribution in [0.3, 0.4) is 0 Å². The second kappa shape index (κ2) is 11.6. The summed E-state index contributed by atoms with van der Waals surface area (Å²) in [5.74, 6) is 1.60. The molecule has 0 N–H and O–H groups in total. The minimum atomic E-state index is -0.420. The van der Waals surface area contributed by atoms with Crippen molar-refractivity contribution in [1.82, 2.24) is 19.9 Å². The number of rotatable bonds is 6. The number of amides is 1. The quantitative estimate of drug-likeness (QED) is 0.499. The van der Waals surface area contributed by atoms with Crippen LogP contribution in [0.25, 0.3) is 11.3 Å². The maximum absolute atomic E-state index is 12.5. The van der Waals surface area contributed by atoms with Crippen LogP contribution < -0.4 is 4.74 Å². The minimum Gasteiger partial charge on any atom is -0.490 e. The van der Waals surface area contributed by atoms with Crippen LogP contribution in [0, 0.1) is 5.92 Å². The zero-order valence-corrected chi connectivity index (χ0v) is 20.5. The standard InChI is InChI=1S/C26H30N4O3.CO2/c1-18-7-6-10-22(15-18)32-21-13-11-20(12-14-21)24-25(29(2)28-27-24)23-17-30(26(31)33-23)16-19-8-4-3-5-9-19;2-1-3/h3-5,8-9,11-14,18,22-23H,6-7,10,15-17H2,1-2H3;/t18-,22-,23?;/m0./s1. The van der Waals surface area contributed by atoms with Gasteiger partial charge in [0.05, 0.1) is 12.6 Å². The molecule has 1 aliphatic heterocycles. The van der Waals surface area contributed by atoms with Gasteiger partial charge < -0.3 is 9.47 Å². The Balaban J connectivity index is 0.000000967. The summed E-state index contributed by atoms with van der Waals surface area (Å²) in [6.45, 7) is 3.27. The van der Waals surface area contributed by atoms with Gasteiger partial charge in [0.15, 0.2) is 6.10 Å². The Morgan fingerprint density at radius 3 is 2.50 bits per heavy atom. The number of carbonyl (C=O) groups excluding carboxylic acids is 3. The summed E-state index contributed by atoms with van der Waals surface area (Å²) in [5.41, 5.74) is 3.53. The lowest BCUT2D eigenvalue weighted by atomic mass is 9.89. The van der Waals surface area contributed by atoms with Crippen LogP contribution in [0.1, 0.15) is 50.0 Å². The lowest BCUT2D eigenvalue weighted by molar-refractivity contribution is -0.191. The van der Waals surface area contributed by atoms with E-state index in [9.17, 15) is 4.79 Å². The van der Waals surface area contributed by atoms with E-state index in [1.807, 2.05) is 61.6 Å². The number of carbonyl (C=O) groups is 1. The molecular formula is C27H30N4O5. The fourth-order valence-corrected chi connectivity index (χ4v) is 4.88. The summed E-state index contributed by atoms with van der Waals surface area (Å²) in [4.78, 5) is 30.5. The number of aryl methyl sites for hydroxylation is 1. The van der Waals surface area contributed by atoms with E-state index in [0.29, 0.717) is 19.2 Å². The van der Waals surface area contributed by atoms with Crippen LogP contribution in [-0.4, -0.2) is 44.8 Å². The summed E-state index contributed by atoms with van der Waals surface area (Å²) in [6, 6.07) is 17.9. The Kier molecular flexibility index (Phi) is 8.13. The molecule has 36 heavy (non-hydrogen) atoms. The van der Waals surface area contributed by atoms with Gasteiger partial charge in [-0.05, 0) is 55.0 Å². The number of hydrogen-bond acceptors (Lipinski definition) is 7. The fraction of sp³-hybridized carbons (Fsp3) is 0.407. The lowest BCUT2D eigenvalue weighted by Crippen LogP contribution is -2.24. The predicted molar refractivity (Wildman–Crippen MR) is 130 cm³/mol. The van der Waals surface area contributed by atoms with Crippen molar-refractivity contribution >= 4 is 12.2 Å². The van der Waals surface area contributed by atoms with Crippen LogP contribution in [0.5, 0.6) is 5.75 Å². The van der Waals surface area contributed by atoms with Crippen molar-refractivity contribution in [1.29, 1.82) is 0 Å². The third kappa shape index (κ3) is 5.98. The molecule has 2 aliphatic rings. The Labute approximate surface area is 210 Å². The van der Waals surface area contributed by atoms with Gasteiger partial charge in [0.25, 0.3) is 0 Å². The highest BCUT2D eigenvalue weighted by molar-refractivity contribution is 5.71. The second-order valence-corrected chi connectivity index (χ2v) is 9.30. The number of aromatic nitrogens is 3. The highest BCUT2D eigenvalue weighted by Crippen LogP contribution is 2.34.